The van der Waals surface area contributed by atoms with Crippen molar-refractivity contribution in [3.05, 3.63) is 33.3 Å². The van der Waals surface area contributed by atoms with Crippen LogP contribution in [0, 0.1) is 10.1 Å². The summed E-state index contributed by atoms with van der Waals surface area (Å²) in [7, 11) is 0. The summed E-state index contributed by atoms with van der Waals surface area (Å²) in [5, 5.41) is 180. The van der Waals surface area contributed by atoms with Gasteiger partial charge in [0, 0.05) is 12.1 Å². The SMILES string of the molecule is O=[N+]([O-])c1ccc(O[C@@H]2O[C@H](CO)[C@H](O[C@@H]3O[C@H](CO)[C@H](O[C@@H]4O[C@H](CO)[C@H](O[C@@H]5O[C@H](CO)[C@H](O[C@@H]6O[C@H](CO)[C@H](O)[C@H](O)[C@H]6O)[C@H](O)[C@H]5O)[C@H](O)[C@H]4O)[C@H](O)[C@H]3O)[C@H](O)[C@H]2O)c(Cl)c1. The molecule has 25 atom stereocenters. The highest BCUT2D eigenvalue weighted by Crippen LogP contribution is 2.37. The van der Waals surface area contributed by atoms with E-state index in [0.717, 1.165) is 18.2 Å². The number of hydrogen-bond acceptors (Lipinski definition) is 28. The van der Waals surface area contributed by atoms with E-state index >= 15 is 0 Å². The lowest BCUT2D eigenvalue weighted by molar-refractivity contribution is -0.392. The molecule has 0 amide bonds. The summed E-state index contributed by atoms with van der Waals surface area (Å²) in [6.45, 7) is -4.69. The average Bonchev–Trinajstić information content (AvgIpc) is 3.30. The predicted molar refractivity (Wildman–Crippen MR) is 203 cm³/mol. The zero-order chi connectivity index (χ0) is 48.5. The van der Waals surface area contributed by atoms with Crippen molar-refractivity contribution in [3.8, 4) is 5.75 Å². The second-order valence-corrected chi connectivity index (χ2v) is 16.3. The molecular formula is C36H54ClNO28. The van der Waals surface area contributed by atoms with Crippen LogP contribution in [0.15, 0.2) is 18.2 Å². The third kappa shape index (κ3) is 10.9. The summed E-state index contributed by atoms with van der Waals surface area (Å²) >= 11 is 6.06. The van der Waals surface area contributed by atoms with Gasteiger partial charge >= 0.3 is 0 Å². The summed E-state index contributed by atoms with van der Waals surface area (Å²) in [4.78, 5) is 10.3. The Kier molecular flexibility index (Phi) is 18.2. The van der Waals surface area contributed by atoms with Gasteiger partial charge < -0.3 is 129 Å². The van der Waals surface area contributed by atoms with Gasteiger partial charge in [-0.05, 0) is 6.07 Å². The van der Waals surface area contributed by atoms with Crippen LogP contribution in [0.1, 0.15) is 0 Å². The number of aliphatic hydroxyl groups excluding tert-OH is 16. The molecule has 0 unspecified atom stereocenters. The Balaban J connectivity index is 1.07. The Bertz CT molecular complexity index is 1720. The summed E-state index contributed by atoms with van der Waals surface area (Å²) in [6, 6.07) is 3.09. The summed E-state index contributed by atoms with van der Waals surface area (Å²) < 4.78 is 55.6. The van der Waals surface area contributed by atoms with Crippen LogP contribution in [0.2, 0.25) is 5.02 Å². The first-order valence-corrected chi connectivity index (χ1v) is 20.7. The molecule has 0 bridgehead atoms. The van der Waals surface area contributed by atoms with Gasteiger partial charge in [-0.1, -0.05) is 11.6 Å². The molecule has 378 valence electrons. The molecule has 0 radical (unpaired) electrons. The van der Waals surface area contributed by atoms with Crippen LogP contribution in [0.5, 0.6) is 5.75 Å². The molecule has 5 saturated heterocycles. The summed E-state index contributed by atoms with van der Waals surface area (Å²) in [6.07, 6.45) is -46.7. The van der Waals surface area contributed by atoms with Crippen molar-refractivity contribution < 1.29 is 134 Å². The maximum atomic E-state index is 11.2. The fourth-order valence-electron chi connectivity index (χ4n) is 7.94. The smallest absolute Gasteiger partial charge is 0.271 e. The molecule has 6 rings (SSSR count). The van der Waals surface area contributed by atoms with Crippen LogP contribution < -0.4 is 4.74 Å². The minimum Gasteiger partial charge on any atom is -0.460 e. The highest BCUT2D eigenvalue weighted by molar-refractivity contribution is 6.32. The van der Waals surface area contributed by atoms with Crippen LogP contribution in [0.25, 0.3) is 0 Å². The molecule has 0 spiro atoms. The molecule has 29 nitrogen and oxygen atoms in total. The minimum absolute atomic E-state index is 0.208. The van der Waals surface area contributed by atoms with Gasteiger partial charge in [0.15, 0.2) is 25.2 Å². The van der Waals surface area contributed by atoms with Gasteiger partial charge in [0.25, 0.3) is 5.69 Å². The van der Waals surface area contributed by atoms with E-state index in [1.807, 2.05) is 0 Å². The molecule has 0 aliphatic carbocycles. The third-order valence-corrected chi connectivity index (χ3v) is 12.0. The van der Waals surface area contributed by atoms with Crippen LogP contribution in [0.3, 0.4) is 0 Å². The zero-order valence-electron chi connectivity index (χ0n) is 34.1. The van der Waals surface area contributed by atoms with Gasteiger partial charge in [0.1, 0.15) is 128 Å². The number of hydrogen-bond donors (Lipinski definition) is 16. The lowest BCUT2D eigenvalue weighted by atomic mass is 9.95. The van der Waals surface area contributed by atoms with Gasteiger partial charge in [-0.3, -0.25) is 10.1 Å². The number of rotatable bonds is 16. The molecule has 66 heavy (non-hydrogen) atoms. The minimum atomic E-state index is -2.16. The molecule has 0 aromatic heterocycles. The van der Waals surface area contributed by atoms with E-state index in [2.05, 4.69) is 0 Å². The number of non-ortho nitro benzene ring substituents is 1. The second kappa shape index (κ2) is 22.6. The number of nitrogens with zero attached hydrogens (tertiary/aromatic N) is 1. The van der Waals surface area contributed by atoms with E-state index in [4.69, 9.17) is 59.0 Å². The van der Waals surface area contributed by atoms with Gasteiger partial charge in [0.05, 0.1) is 43.0 Å². The average molecular weight is 984 g/mol. The largest absolute Gasteiger partial charge is 0.460 e. The molecule has 5 aliphatic rings. The normalized spacial score (nSPS) is 46.8. The number of benzene rings is 1. The van der Waals surface area contributed by atoms with E-state index in [0.29, 0.717) is 0 Å². The van der Waals surface area contributed by atoms with Crippen molar-refractivity contribution >= 4 is 17.3 Å². The van der Waals surface area contributed by atoms with E-state index in [-0.39, 0.29) is 16.5 Å². The molecular weight excluding hydrogens is 930 g/mol. The Morgan fingerprint density at radius 1 is 0.455 bits per heavy atom. The van der Waals surface area contributed by atoms with Crippen LogP contribution >= 0.6 is 11.6 Å². The Morgan fingerprint density at radius 2 is 0.758 bits per heavy atom. The molecule has 1 aromatic carbocycles. The third-order valence-electron chi connectivity index (χ3n) is 11.7. The lowest BCUT2D eigenvalue weighted by Crippen LogP contribution is -2.68. The highest BCUT2D eigenvalue weighted by Gasteiger charge is 2.56. The quantitative estimate of drug-likeness (QED) is 0.0540. The molecule has 5 aliphatic heterocycles. The summed E-state index contributed by atoms with van der Waals surface area (Å²) in [5.41, 5.74) is -0.383. The Morgan fingerprint density at radius 3 is 1.08 bits per heavy atom. The molecule has 5 heterocycles. The zero-order valence-corrected chi connectivity index (χ0v) is 34.8. The highest BCUT2D eigenvalue weighted by atomic mass is 35.5. The maximum absolute atomic E-state index is 11.2. The van der Waals surface area contributed by atoms with E-state index in [9.17, 15) is 91.8 Å². The van der Waals surface area contributed by atoms with Crippen molar-refractivity contribution in [2.24, 2.45) is 0 Å². The lowest BCUT2D eigenvalue weighted by Gasteiger charge is -2.49. The molecule has 5 fully saturated rings. The number of nitro benzene ring substituents is 1. The topological polar surface area (TPSA) is 459 Å². The van der Waals surface area contributed by atoms with Crippen molar-refractivity contribution in [2.45, 2.75) is 154 Å². The number of halogens is 1. The van der Waals surface area contributed by atoms with Gasteiger partial charge in [-0.15, -0.1) is 0 Å². The number of nitro groups is 1. The van der Waals surface area contributed by atoms with Crippen LogP contribution in [-0.2, 0) is 42.6 Å². The van der Waals surface area contributed by atoms with Gasteiger partial charge in [-0.2, -0.15) is 0 Å². The summed E-state index contributed by atoms with van der Waals surface area (Å²) in [5.74, 6) is -0.208. The molecule has 0 saturated carbocycles. The first kappa shape index (κ1) is 53.1. The standard InChI is InChI=1S/C36H54ClNO28/c37-10-3-9(38(55)56)1-2-11(10)57-32-24(51)19(46)28(13(5-40)59-32)64-34-26(53)21(48)30(15(7-42)61-34)66-36-27(54)22(49)31(16(8-43)62-36)65-35-25(52)20(47)29(14(6-41)60-35)63-33-23(50)18(45)17(44)12(4-39)58-33/h1-3,12-36,39-54H,4-8H2/t12-,13-,14-,15-,16-,17+,18+,19-,20-,21-,22-,23-,24-,25-,26-,27-,28+,29+,30+,31+,32-,33+,34+,35+,36+/m1/s1. The number of aliphatic hydroxyl groups is 16. The fraction of sp³-hybridized carbons (Fsp3) is 0.833. The van der Waals surface area contributed by atoms with Gasteiger partial charge in [-0.25, -0.2) is 0 Å². The molecule has 1 aromatic rings. The molecule has 16 N–H and O–H groups in total. The fourth-order valence-corrected chi connectivity index (χ4v) is 8.16. The van der Waals surface area contributed by atoms with E-state index in [1.54, 1.807) is 0 Å². The van der Waals surface area contributed by atoms with Crippen molar-refractivity contribution in [1.29, 1.82) is 0 Å². The van der Waals surface area contributed by atoms with E-state index < -0.39 is 191 Å². The first-order valence-electron chi connectivity index (χ1n) is 20.3. The Hall–Kier alpha value is -2.29. The molecule has 30 heteroatoms. The van der Waals surface area contributed by atoms with Crippen LogP contribution in [0.4, 0.5) is 5.69 Å². The number of ether oxygens (including phenoxy) is 10. The predicted octanol–water partition coefficient (Wildman–Crippen LogP) is -9.28. The Labute approximate surface area is 376 Å². The van der Waals surface area contributed by atoms with Crippen molar-refractivity contribution in [3.63, 3.8) is 0 Å². The van der Waals surface area contributed by atoms with Crippen molar-refractivity contribution in [1.82, 2.24) is 0 Å². The van der Waals surface area contributed by atoms with E-state index in [1.165, 1.54) is 0 Å². The first-order chi connectivity index (χ1) is 31.3. The van der Waals surface area contributed by atoms with Gasteiger partial charge in [0.2, 0.25) is 6.29 Å². The maximum Gasteiger partial charge on any atom is 0.271 e. The monoisotopic (exact) mass is 983 g/mol. The van der Waals surface area contributed by atoms with Crippen LogP contribution in [-0.4, -0.2) is 273 Å². The second-order valence-electron chi connectivity index (χ2n) is 15.9. The van der Waals surface area contributed by atoms with Crippen molar-refractivity contribution in [2.75, 3.05) is 33.0 Å².